The van der Waals surface area contributed by atoms with Gasteiger partial charge in [-0.1, -0.05) is 13.8 Å². The molecule has 2 N–H and O–H groups in total. The smallest absolute Gasteiger partial charge is 0.191 e. The van der Waals surface area contributed by atoms with Crippen molar-refractivity contribution >= 4 is 22.4 Å². The number of aromatic nitrogens is 1. The van der Waals surface area contributed by atoms with Gasteiger partial charge in [-0.2, -0.15) is 0 Å². The van der Waals surface area contributed by atoms with Crippen molar-refractivity contribution in [3.8, 4) is 0 Å². The molecule has 4 rings (SSSR count). The summed E-state index contributed by atoms with van der Waals surface area (Å²) in [5, 5.41) is 10.5. The van der Waals surface area contributed by atoms with Crippen LogP contribution in [0.25, 0.3) is 0 Å². The first-order chi connectivity index (χ1) is 13.1. The summed E-state index contributed by atoms with van der Waals surface area (Å²) in [4.78, 5) is 12.0. The second-order valence-electron chi connectivity index (χ2n) is 8.51. The van der Waals surface area contributed by atoms with Gasteiger partial charge < -0.3 is 20.3 Å². The van der Waals surface area contributed by atoms with Crippen LogP contribution >= 0.6 is 11.3 Å². The zero-order valence-electron chi connectivity index (χ0n) is 16.8. The van der Waals surface area contributed by atoms with Crippen LogP contribution in [0.15, 0.2) is 10.4 Å². The lowest BCUT2D eigenvalue weighted by atomic mass is 9.57. The van der Waals surface area contributed by atoms with Crippen LogP contribution in [0.3, 0.4) is 0 Å². The van der Waals surface area contributed by atoms with E-state index in [1.54, 1.807) is 11.3 Å². The average molecular weight is 392 g/mol. The van der Waals surface area contributed by atoms with Crippen molar-refractivity contribution in [1.29, 1.82) is 0 Å². The Hall–Kier alpha value is -1.34. The van der Waals surface area contributed by atoms with Gasteiger partial charge in [0, 0.05) is 62.0 Å². The monoisotopic (exact) mass is 391 g/mol. The molecule has 1 aromatic heterocycles. The highest BCUT2D eigenvalue weighted by Crippen LogP contribution is 2.52. The fourth-order valence-electron chi connectivity index (χ4n) is 4.83. The van der Waals surface area contributed by atoms with Crippen molar-refractivity contribution in [3.63, 3.8) is 0 Å². The summed E-state index contributed by atoms with van der Waals surface area (Å²) < 4.78 is 5.91. The lowest BCUT2D eigenvalue weighted by molar-refractivity contribution is -0.106. The number of guanidine groups is 1. The number of aliphatic imine (C=N–C) groups is 1. The molecule has 3 fully saturated rings. The highest BCUT2D eigenvalue weighted by Gasteiger charge is 2.59. The van der Waals surface area contributed by atoms with Crippen LogP contribution in [-0.4, -0.2) is 55.9 Å². The summed E-state index contributed by atoms with van der Waals surface area (Å²) in [6, 6.07) is 0.434. The molecule has 0 bridgehead atoms. The van der Waals surface area contributed by atoms with Crippen LogP contribution < -0.4 is 15.5 Å². The van der Waals surface area contributed by atoms with Crippen LogP contribution in [0, 0.1) is 11.3 Å². The topological polar surface area (TPSA) is 61.8 Å². The third-order valence-electron chi connectivity index (χ3n) is 6.29. The van der Waals surface area contributed by atoms with E-state index in [0.717, 1.165) is 57.3 Å². The van der Waals surface area contributed by atoms with E-state index in [4.69, 9.17) is 14.7 Å². The minimum Gasteiger partial charge on any atom is -0.377 e. The number of ether oxygens (including phenoxy) is 1. The second-order valence-corrected chi connectivity index (χ2v) is 9.35. The molecule has 3 atom stereocenters. The van der Waals surface area contributed by atoms with E-state index in [1.807, 2.05) is 0 Å². The molecule has 150 valence electrons. The van der Waals surface area contributed by atoms with Gasteiger partial charge in [0.15, 0.2) is 11.1 Å². The highest BCUT2D eigenvalue weighted by atomic mass is 32.1. The third kappa shape index (κ3) is 3.81. The molecular weight excluding hydrogens is 358 g/mol. The van der Waals surface area contributed by atoms with Crippen LogP contribution in [-0.2, 0) is 11.2 Å². The third-order valence-corrected chi connectivity index (χ3v) is 7.24. The Labute approximate surface area is 166 Å². The van der Waals surface area contributed by atoms with Gasteiger partial charge >= 0.3 is 0 Å². The molecule has 1 aromatic rings. The van der Waals surface area contributed by atoms with Crippen molar-refractivity contribution in [2.45, 2.75) is 58.6 Å². The van der Waals surface area contributed by atoms with Crippen molar-refractivity contribution in [2.75, 3.05) is 37.7 Å². The van der Waals surface area contributed by atoms with Gasteiger partial charge in [-0.15, -0.1) is 11.3 Å². The van der Waals surface area contributed by atoms with E-state index in [1.165, 1.54) is 18.0 Å². The molecule has 3 unspecified atom stereocenters. The van der Waals surface area contributed by atoms with Crippen molar-refractivity contribution in [1.82, 2.24) is 15.6 Å². The van der Waals surface area contributed by atoms with Gasteiger partial charge in [0.05, 0.1) is 11.8 Å². The predicted octanol–water partition coefficient (Wildman–Crippen LogP) is 2.65. The molecule has 0 aromatic carbocycles. The molecule has 27 heavy (non-hydrogen) atoms. The van der Waals surface area contributed by atoms with Gasteiger partial charge in [0.2, 0.25) is 0 Å². The molecule has 0 amide bonds. The summed E-state index contributed by atoms with van der Waals surface area (Å²) in [5.41, 5.74) is 1.33. The normalized spacial score (nSPS) is 29.5. The molecule has 3 aliphatic rings. The van der Waals surface area contributed by atoms with Gasteiger partial charge in [-0.3, -0.25) is 4.99 Å². The van der Waals surface area contributed by atoms with E-state index < -0.39 is 0 Å². The molecule has 0 spiro atoms. The Bertz CT molecular complexity index is 667. The maximum Gasteiger partial charge on any atom is 0.191 e. The van der Waals surface area contributed by atoms with Crippen LogP contribution in [0.1, 0.15) is 45.7 Å². The van der Waals surface area contributed by atoms with Crippen LogP contribution in [0.4, 0.5) is 5.13 Å². The lowest BCUT2D eigenvalue weighted by Crippen LogP contribution is -2.68. The Kier molecular flexibility index (Phi) is 5.60. The number of hydrogen-bond donors (Lipinski definition) is 2. The number of hydrogen-bond acceptors (Lipinski definition) is 5. The highest BCUT2D eigenvalue weighted by molar-refractivity contribution is 7.13. The number of nitrogens with zero attached hydrogens (tertiary/aromatic N) is 3. The molecule has 6 nitrogen and oxygen atoms in total. The summed E-state index contributed by atoms with van der Waals surface area (Å²) >= 11 is 1.77. The molecular formula is C20H33N5OS. The van der Waals surface area contributed by atoms with Crippen LogP contribution in [0.5, 0.6) is 0 Å². The number of nitrogens with one attached hydrogen (secondary N) is 2. The van der Waals surface area contributed by atoms with Crippen molar-refractivity contribution in [3.05, 3.63) is 11.1 Å². The standard InChI is InChI=1S/C20H33N5OS/c1-4-21-18(24-16-15-8-12-26-17(15)20(16,2)3)22-9-7-14-13-27-19(23-14)25-10-5-6-11-25/h13,15-17H,4-12H2,1-3H3,(H2,21,22,24). The fraction of sp³-hybridized carbons (Fsp3) is 0.800. The summed E-state index contributed by atoms with van der Waals surface area (Å²) in [7, 11) is 0. The lowest BCUT2D eigenvalue weighted by Gasteiger charge is -2.54. The Balaban J connectivity index is 1.33. The van der Waals surface area contributed by atoms with Gasteiger partial charge in [0.25, 0.3) is 0 Å². The quantitative estimate of drug-likeness (QED) is 0.577. The number of rotatable bonds is 6. The van der Waals surface area contributed by atoms with E-state index in [0.29, 0.717) is 18.1 Å². The summed E-state index contributed by atoms with van der Waals surface area (Å²) in [6.45, 7) is 11.6. The summed E-state index contributed by atoms with van der Waals surface area (Å²) in [5.74, 6) is 1.54. The largest absolute Gasteiger partial charge is 0.377 e. The van der Waals surface area contributed by atoms with Gasteiger partial charge in [-0.05, 0) is 26.2 Å². The number of fused-ring (bicyclic) bond motifs is 1. The van der Waals surface area contributed by atoms with E-state index in [-0.39, 0.29) is 5.41 Å². The molecule has 1 saturated carbocycles. The van der Waals surface area contributed by atoms with E-state index >= 15 is 0 Å². The van der Waals surface area contributed by atoms with Crippen LogP contribution in [0.2, 0.25) is 0 Å². The van der Waals surface area contributed by atoms with Gasteiger partial charge in [0.1, 0.15) is 0 Å². The Morgan fingerprint density at radius 3 is 3.00 bits per heavy atom. The first-order valence-electron chi connectivity index (χ1n) is 10.5. The minimum absolute atomic E-state index is 0.164. The summed E-state index contributed by atoms with van der Waals surface area (Å²) in [6.07, 6.45) is 5.03. The molecule has 7 heteroatoms. The van der Waals surface area contributed by atoms with E-state index in [2.05, 4.69) is 41.7 Å². The first-order valence-corrected chi connectivity index (χ1v) is 11.3. The Morgan fingerprint density at radius 2 is 2.22 bits per heavy atom. The zero-order valence-corrected chi connectivity index (χ0v) is 17.6. The fourth-order valence-corrected chi connectivity index (χ4v) is 5.75. The van der Waals surface area contributed by atoms with Gasteiger partial charge in [-0.25, -0.2) is 4.98 Å². The van der Waals surface area contributed by atoms with E-state index in [9.17, 15) is 0 Å². The molecule has 0 radical (unpaired) electrons. The number of thiazole rings is 1. The minimum atomic E-state index is 0.164. The van der Waals surface area contributed by atoms with Crippen molar-refractivity contribution in [2.24, 2.45) is 16.3 Å². The predicted molar refractivity (Wildman–Crippen MR) is 112 cm³/mol. The Morgan fingerprint density at radius 1 is 1.41 bits per heavy atom. The maximum atomic E-state index is 5.91. The maximum absolute atomic E-state index is 5.91. The molecule has 2 aliphatic heterocycles. The molecule has 3 heterocycles. The SMILES string of the molecule is CCNC(=NCCc1csc(N2CCCC2)n1)NC1C2CCOC2C1(C)C. The van der Waals surface area contributed by atoms with Crippen molar-refractivity contribution < 1.29 is 4.74 Å². The second kappa shape index (κ2) is 7.95. The number of anilines is 1. The molecule has 2 saturated heterocycles. The molecule has 1 aliphatic carbocycles. The average Bonchev–Trinajstić information content (AvgIpc) is 3.39. The first kappa shape index (κ1) is 19.0. The zero-order chi connectivity index (χ0) is 18.9.